The van der Waals surface area contributed by atoms with Crippen LogP contribution in [-0.4, -0.2) is 29.2 Å². The van der Waals surface area contributed by atoms with Crippen molar-refractivity contribution in [2.75, 3.05) is 11.9 Å². The van der Waals surface area contributed by atoms with Crippen LogP contribution in [0.2, 0.25) is 0 Å². The van der Waals surface area contributed by atoms with Crippen molar-refractivity contribution in [3.8, 4) is 0 Å². The van der Waals surface area contributed by atoms with E-state index >= 15 is 0 Å². The Morgan fingerprint density at radius 2 is 1.64 bits per heavy atom. The molecule has 2 aliphatic carbocycles. The molecule has 0 aromatic heterocycles. The van der Waals surface area contributed by atoms with Crippen LogP contribution in [0.4, 0.5) is 5.69 Å². The third kappa shape index (κ3) is 2.57. The Balaban J connectivity index is 1.39. The minimum atomic E-state index is -0.155. The SMILES string of the molecule is Cc1cccc(C)c1NC(=O)CCN1C(=O)[C@H]2[C@H]3CC[C@@H](C3)[C@@H]2C1=O. The molecule has 3 fully saturated rings. The molecule has 25 heavy (non-hydrogen) atoms. The number of nitrogens with zero attached hydrogens (tertiary/aromatic N) is 1. The molecule has 132 valence electrons. The number of rotatable bonds is 4. The predicted molar refractivity (Wildman–Crippen MR) is 93.7 cm³/mol. The summed E-state index contributed by atoms with van der Waals surface area (Å²) < 4.78 is 0. The third-order valence-corrected chi connectivity index (χ3v) is 6.33. The number of benzene rings is 1. The highest BCUT2D eigenvalue weighted by molar-refractivity contribution is 6.06. The number of imide groups is 1. The van der Waals surface area contributed by atoms with E-state index in [1.165, 1.54) is 4.90 Å². The van der Waals surface area contributed by atoms with Gasteiger partial charge in [-0.2, -0.15) is 0 Å². The van der Waals surface area contributed by atoms with Gasteiger partial charge in [0.1, 0.15) is 0 Å². The number of carbonyl (C=O) groups is 3. The number of fused-ring (bicyclic) bond motifs is 5. The van der Waals surface area contributed by atoms with E-state index in [2.05, 4.69) is 5.32 Å². The van der Waals surface area contributed by atoms with Crippen molar-refractivity contribution in [2.24, 2.45) is 23.7 Å². The van der Waals surface area contributed by atoms with Crippen LogP contribution in [-0.2, 0) is 14.4 Å². The molecule has 4 rings (SSSR count). The summed E-state index contributed by atoms with van der Waals surface area (Å²) in [7, 11) is 0. The van der Waals surface area contributed by atoms with Gasteiger partial charge in [-0.25, -0.2) is 0 Å². The standard InChI is InChI=1S/C20H24N2O3/c1-11-4-3-5-12(2)18(11)21-15(23)8-9-22-19(24)16-13-6-7-14(10-13)17(16)20(22)25/h3-5,13-14,16-17H,6-10H2,1-2H3,(H,21,23)/t13-,14-,16-,17-/m0/s1. The molecule has 1 aromatic carbocycles. The quantitative estimate of drug-likeness (QED) is 0.857. The van der Waals surface area contributed by atoms with Crippen molar-refractivity contribution < 1.29 is 14.4 Å². The Kier molecular flexibility index (Phi) is 3.89. The minimum absolute atomic E-state index is 0.0397. The fraction of sp³-hybridized carbons (Fsp3) is 0.550. The van der Waals surface area contributed by atoms with Crippen molar-refractivity contribution in [3.63, 3.8) is 0 Å². The van der Waals surface area contributed by atoms with Crippen molar-refractivity contribution >= 4 is 23.4 Å². The number of amides is 3. The number of para-hydroxylation sites is 1. The average Bonchev–Trinajstić information content (AvgIpc) is 3.24. The molecule has 1 N–H and O–H groups in total. The zero-order valence-corrected chi connectivity index (χ0v) is 14.7. The topological polar surface area (TPSA) is 66.5 Å². The summed E-state index contributed by atoms with van der Waals surface area (Å²) in [5.74, 6) is 0.336. The van der Waals surface area contributed by atoms with E-state index in [9.17, 15) is 14.4 Å². The molecule has 0 unspecified atom stereocenters. The number of likely N-dealkylation sites (tertiary alicyclic amines) is 1. The van der Waals surface area contributed by atoms with Gasteiger partial charge < -0.3 is 5.32 Å². The Bertz CT molecular complexity index is 709. The molecule has 1 aromatic rings. The van der Waals surface area contributed by atoms with E-state index in [0.29, 0.717) is 11.8 Å². The highest BCUT2D eigenvalue weighted by atomic mass is 16.2. The van der Waals surface area contributed by atoms with Gasteiger partial charge in [-0.15, -0.1) is 0 Å². The lowest BCUT2D eigenvalue weighted by Gasteiger charge is -2.19. The van der Waals surface area contributed by atoms with Gasteiger partial charge in [0.05, 0.1) is 11.8 Å². The Labute approximate surface area is 147 Å². The second-order valence-electron chi connectivity index (χ2n) is 7.78. The van der Waals surface area contributed by atoms with Crippen LogP contribution in [0.3, 0.4) is 0 Å². The van der Waals surface area contributed by atoms with Gasteiger partial charge >= 0.3 is 0 Å². The normalized spacial score (nSPS) is 30.1. The summed E-state index contributed by atoms with van der Waals surface area (Å²) in [5.41, 5.74) is 2.84. The van der Waals surface area contributed by atoms with E-state index in [4.69, 9.17) is 0 Å². The first-order chi connectivity index (χ1) is 12.0. The van der Waals surface area contributed by atoms with Gasteiger partial charge in [0.15, 0.2) is 0 Å². The number of anilines is 1. The van der Waals surface area contributed by atoms with Gasteiger partial charge in [0.25, 0.3) is 0 Å². The number of aryl methyl sites for hydroxylation is 2. The first kappa shape index (κ1) is 16.3. The molecular formula is C20H24N2O3. The molecule has 5 heteroatoms. The molecule has 3 amide bonds. The molecule has 4 atom stereocenters. The predicted octanol–water partition coefficient (Wildman–Crippen LogP) is 2.66. The van der Waals surface area contributed by atoms with Crippen LogP contribution in [0, 0.1) is 37.5 Å². The van der Waals surface area contributed by atoms with Crippen LogP contribution >= 0.6 is 0 Å². The zero-order chi connectivity index (χ0) is 17.7. The van der Waals surface area contributed by atoms with E-state index in [-0.39, 0.29) is 42.5 Å². The second-order valence-corrected chi connectivity index (χ2v) is 7.78. The van der Waals surface area contributed by atoms with Crippen molar-refractivity contribution in [2.45, 2.75) is 39.5 Å². The summed E-state index contributed by atoms with van der Waals surface area (Å²) in [6.45, 7) is 4.10. The monoisotopic (exact) mass is 340 g/mol. The average molecular weight is 340 g/mol. The molecule has 1 saturated heterocycles. The molecule has 3 aliphatic rings. The van der Waals surface area contributed by atoms with Crippen LogP contribution in [0.15, 0.2) is 18.2 Å². The molecular weight excluding hydrogens is 316 g/mol. The summed E-state index contributed by atoms with van der Waals surface area (Å²) in [4.78, 5) is 38.9. The van der Waals surface area contributed by atoms with E-state index in [1.807, 2.05) is 32.0 Å². The van der Waals surface area contributed by atoms with E-state index in [1.54, 1.807) is 0 Å². The number of nitrogens with one attached hydrogen (secondary N) is 1. The summed E-state index contributed by atoms with van der Waals surface area (Å²) in [6, 6.07) is 5.86. The van der Waals surface area contributed by atoms with Crippen molar-refractivity contribution in [3.05, 3.63) is 29.3 Å². The molecule has 1 heterocycles. The fourth-order valence-corrected chi connectivity index (χ4v) is 5.12. The molecule has 2 saturated carbocycles. The Hall–Kier alpha value is -2.17. The van der Waals surface area contributed by atoms with E-state index < -0.39 is 0 Å². The molecule has 0 radical (unpaired) electrons. The van der Waals surface area contributed by atoms with Crippen LogP contribution < -0.4 is 5.32 Å². The maximum Gasteiger partial charge on any atom is 0.233 e. The highest BCUT2D eigenvalue weighted by Gasteiger charge is 2.60. The minimum Gasteiger partial charge on any atom is -0.326 e. The van der Waals surface area contributed by atoms with Gasteiger partial charge in [-0.05, 0) is 56.1 Å². The molecule has 0 spiro atoms. The van der Waals surface area contributed by atoms with Crippen LogP contribution in [0.1, 0.15) is 36.8 Å². The molecule has 2 bridgehead atoms. The highest BCUT2D eigenvalue weighted by Crippen LogP contribution is 2.56. The number of hydrogen-bond acceptors (Lipinski definition) is 3. The van der Waals surface area contributed by atoms with Gasteiger partial charge in [-0.3, -0.25) is 19.3 Å². The second kappa shape index (κ2) is 5.97. The lowest BCUT2D eigenvalue weighted by molar-refractivity contribution is -0.140. The smallest absolute Gasteiger partial charge is 0.233 e. The number of hydrogen-bond donors (Lipinski definition) is 1. The van der Waals surface area contributed by atoms with Crippen molar-refractivity contribution in [1.82, 2.24) is 4.90 Å². The lowest BCUT2D eigenvalue weighted by atomic mass is 9.81. The lowest BCUT2D eigenvalue weighted by Crippen LogP contribution is -2.35. The molecule has 1 aliphatic heterocycles. The first-order valence-electron chi connectivity index (χ1n) is 9.18. The largest absolute Gasteiger partial charge is 0.326 e. The summed E-state index contributed by atoms with van der Waals surface area (Å²) in [6.07, 6.45) is 3.34. The van der Waals surface area contributed by atoms with Crippen LogP contribution in [0.5, 0.6) is 0 Å². The van der Waals surface area contributed by atoms with E-state index in [0.717, 1.165) is 36.1 Å². The number of carbonyl (C=O) groups excluding carboxylic acids is 3. The van der Waals surface area contributed by atoms with Gasteiger partial charge in [-0.1, -0.05) is 18.2 Å². The van der Waals surface area contributed by atoms with Gasteiger partial charge in [0, 0.05) is 18.7 Å². The maximum absolute atomic E-state index is 12.6. The fourth-order valence-electron chi connectivity index (χ4n) is 5.12. The molecule has 5 nitrogen and oxygen atoms in total. The Morgan fingerprint density at radius 1 is 1.08 bits per heavy atom. The maximum atomic E-state index is 12.6. The summed E-state index contributed by atoms with van der Waals surface area (Å²) >= 11 is 0. The van der Waals surface area contributed by atoms with Crippen molar-refractivity contribution in [1.29, 1.82) is 0 Å². The third-order valence-electron chi connectivity index (χ3n) is 6.33. The Morgan fingerprint density at radius 3 is 2.20 bits per heavy atom. The zero-order valence-electron chi connectivity index (χ0n) is 14.7. The first-order valence-corrected chi connectivity index (χ1v) is 9.18. The van der Waals surface area contributed by atoms with Crippen LogP contribution in [0.25, 0.3) is 0 Å². The van der Waals surface area contributed by atoms with Gasteiger partial charge in [0.2, 0.25) is 17.7 Å². The summed E-state index contributed by atoms with van der Waals surface area (Å²) in [5, 5.41) is 2.92.